The van der Waals surface area contributed by atoms with Crippen molar-refractivity contribution in [1.29, 1.82) is 0 Å². The van der Waals surface area contributed by atoms with Crippen molar-refractivity contribution in [1.82, 2.24) is 0 Å². The van der Waals surface area contributed by atoms with Gasteiger partial charge in [0.25, 0.3) is 12.1 Å². The van der Waals surface area contributed by atoms with Crippen LogP contribution in [0.25, 0.3) is 0 Å². The first-order chi connectivity index (χ1) is 6.11. The molecule has 0 atom stereocenters. The standard InChI is InChI=1S/C8H5F2NO2/c9-8(10)6-3-1-2-4-7(5-6)11(12)13/h2-5,8H. The molecule has 5 heteroatoms. The van der Waals surface area contributed by atoms with Gasteiger partial charge < -0.3 is 0 Å². The van der Waals surface area contributed by atoms with Crippen LogP contribution in [-0.2, 0) is 0 Å². The van der Waals surface area contributed by atoms with Gasteiger partial charge in [-0.15, -0.1) is 5.73 Å². The second kappa shape index (κ2) is 3.78. The molecule has 13 heavy (non-hydrogen) atoms. The second-order valence-corrected chi connectivity index (χ2v) is 2.27. The third kappa shape index (κ3) is 2.35. The zero-order valence-corrected chi connectivity index (χ0v) is 6.41. The van der Waals surface area contributed by atoms with Crippen molar-refractivity contribution in [3.05, 3.63) is 51.4 Å². The first kappa shape index (κ1) is 9.35. The summed E-state index contributed by atoms with van der Waals surface area (Å²) < 4.78 is 24.3. The smallest absolute Gasteiger partial charge is 0.258 e. The lowest BCUT2D eigenvalue weighted by molar-refractivity contribution is -0.419. The van der Waals surface area contributed by atoms with E-state index in [2.05, 4.69) is 5.73 Å². The van der Waals surface area contributed by atoms with Crippen molar-refractivity contribution < 1.29 is 13.7 Å². The summed E-state index contributed by atoms with van der Waals surface area (Å²) in [6.07, 6.45) is 1.48. The zero-order valence-electron chi connectivity index (χ0n) is 6.41. The first-order valence-electron chi connectivity index (χ1n) is 3.38. The van der Waals surface area contributed by atoms with E-state index < -0.39 is 16.9 Å². The predicted molar refractivity (Wildman–Crippen MR) is 41.8 cm³/mol. The van der Waals surface area contributed by atoms with Gasteiger partial charge in [0.05, 0.1) is 4.92 Å². The quantitative estimate of drug-likeness (QED) is 0.375. The fraction of sp³-hybridized carbons (Fsp3) is 0.125. The average Bonchev–Trinajstić information content (AvgIpc) is 2.28. The van der Waals surface area contributed by atoms with Crippen LogP contribution in [0.3, 0.4) is 0 Å². The maximum atomic E-state index is 12.1. The highest BCUT2D eigenvalue weighted by molar-refractivity contribution is 5.33. The summed E-state index contributed by atoms with van der Waals surface area (Å²) >= 11 is 0. The van der Waals surface area contributed by atoms with E-state index in [4.69, 9.17) is 0 Å². The van der Waals surface area contributed by atoms with E-state index >= 15 is 0 Å². The van der Waals surface area contributed by atoms with Crippen molar-refractivity contribution >= 4 is 0 Å². The van der Waals surface area contributed by atoms with Crippen molar-refractivity contribution in [3.63, 3.8) is 0 Å². The molecule has 0 spiro atoms. The predicted octanol–water partition coefficient (Wildman–Crippen LogP) is 2.06. The van der Waals surface area contributed by atoms with Gasteiger partial charge in [-0.05, 0) is 12.2 Å². The molecule has 0 N–H and O–H groups in total. The molecule has 0 heterocycles. The molecule has 0 radical (unpaired) electrons. The lowest BCUT2D eigenvalue weighted by Gasteiger charge is -1.96. The molecule has 3 nitrogen and oxygen atoms in total. The van der Waals surface area contributed by atoms with Gasteiger partial charge >= 0.3 is 0 Å². The summed E-state index contributed by atoms with van der Waals surface area (Å²) in [6.45, 7) is 0. The minimum Gasteiger partial charge on any atom is -0.258 e. The summed E-state index contributed by atoms with van der Waals surface area (Å²) in [5, 5.41) is 10.3. The molecule has 0 bridgehead atoms. The Morgan fingerprint density at radius 1 is 1.54 bits per heavy atom. The van der Waals surface area contributed by atoms with Crippen LogP contribution < -0.4 is 0 Å². The highest BCUT2D eigenvalue weighted by atomic mass is 19.3. The highest BCUT2D eigenvalue weighted by Gasteiger charge is 2.14. The molecule has 0 saturated carbocycles. The summed E-state index contributed by atoms with van der Waals surface area (Å²) in [5.41, 5.74) is 1.61. The van der Waals surface area contributed by atoms with Gasteiger partial charge in [0.1, 0.15) is 0 Å². The van der Waals surface area contributed by atoms with Gasteiger partial charge in [-0.3, -0.25) is 10.1 Å². The van der Waals surface area contributed by atoms with E-state index in [1.165, 1.54) is 6.08 Å². The van der Waals surface area contributed by atoms with Crippen molar-refractivity contribution in [2.24, 2.45) is 0 Å². The van der Waals surface area contributed by atoms with E-state index in [-0.39, 0.29) is 5.70 Å². The minimum absolute atomic E-state index is 0.364. The maximum absolute atomic E-state index is 12.1. The van der Waals surface area contributed by atoms with E-state index in [1.807, 2.05) is 0 Å². The molecule has 0 saturated heterocycles. The van der Waals surface area contributed by atoms with E-state index in [0.717, 1.165) is 18.2 Å². The summed E-state index contributed by atoms with van der Waals surface area (Å²) in [5.74, 6) is 0. The molecule has 0 aliphatic heterocycles. The third-order valence-corrected chi connectivity index (χ3v) is 1.38. The van der Waals surface area contributed by atoms with Crippen LogP contribution in [-0.4, -0.2) is 11.3 Å². The second-order valence-electron chi connectivity index (χ2n) is 2.27. The Bertz CT molecular complexity index is 349. The van der Waals surface area contributed by atoms with Crippen LogP contribution in [0.2, 0.25) is 0 Å². The van der Waals surface area contributed by atoms with Crippen LogP contribution in [0.15, 0.2) is 41.3 Å². The average molecular weight is 185 g/mol. The molecule has 1 aliphatic rings. The van der Waals surface area contributed by atoms with Gasteiger partial charge in [0.15, 0.2) is 0 Å². The fourth-order valence-electron chi connectivity index (χ4n) is 0.778. The lowest BCUT2D eigenvalue weighted by Crippen LogP contribution is -1.99. The number of rotatable bonds is 2. The van der Waals surface area contributed by atoms with E-state index in [0.29, 0.717) is 0 Å². The van der Waals surface area contributed by atoms with Gasteiger partial charge in [-0.1, -0.05) is 0 Å². The number of nitrogens with zero attached hydrogens (tertiary/aromatic N) is 1. The molecule has 0 aromatic heterocycles. The largest absolute Gasteiger partial charge is 0.270 e. The van der Waals surface area contributed by atoms with Crippen molar-refractivity contribution in [2.75, 3.05) is 0 Å². The molecular weight excluding hydrogens is 180 g/mol. The van der Waals surface area contributed by atoms with Crippen molar-refractivity contribution in [3.8, 4) is 0 Å². The van der Waals surface area contributed by atoms with Gasteiger partial charge in [0, 0.05) is 17.7 Å². The molecule has 1 aliphatic carbocycles. The van der Waals surface area contributed by atoms with Crippen molar-refractivity contribution in [2.45, 2.75) is 6.43 Å². The number of alkyl halides is 2. The Morgan fingerprint density at radius 3 is 2.77 bits per heavy atom. The fourth-order valence-corrected chi connectivity index (χ4v) is 0.778. The van der Waals surface area contributed by atoms with Gasteiger partial charge in [0.2, 0.25) is 0 Å². The number of allylic oxidation sites excluding steroid dienone is 4. The molecule has 0 fully saturated rings. The Labute approximate surface area is 72.5 Å². The molecule has 0 amide bonds. The first-order valence-corrected chi connectivity index (χ1v) is 3.38. The summed E-state index contributed by atoms with van der Waals surface area (Å²) in [4.78, 5) is 9.54. The van der Waals surface area contributed by atoms with E-state index in [9.17, 15) is 18.9 Å². The molecule has 0 aromatic carbocycles. The van der Waals surface area contributed by atoms with Gasteiger partial charge in [-0.25, -0.2) is 8.78 Å². The molecule has 1 rings (SSSR count). The number of hydrogen-bond acceptors (Lipinski definition) is 2. The maximum Gasteiger partial charge on any atom is 0.270 e. The number of halogens is 2. The zero-order chi connectivity index (χ0) is 9.84. The SMILES string of the molecule is O=[N+]([O-])C1=CC=C=CC(C(F)F)=C1. The molecule has 0 aromatic rings. The normalized spacial score (nSPS) is 15.3. The Balaban J connectivity index is 3.06. The topological polar surface area (TPSA) is 43.1 Å². The van der Waals surface area contributed by atoms with Crippen LogP contribution in [0.1, 0.15) is 0 Å². The highest BCUT2D eigenvalue weighted by Crippen LogP contribution is 2.15. The lowest BCUT2D eigenvalue weighted by atomic mass is 10.2. The molecular formula is C8H5F2NO2. The Hall–Kier alpha value is -1.74. The van der Waals surface area contributed by atoms with Crippen LogP contribution in [0.5, 0.6) is 0 Å². The van der Waals surface area contributed by atoms with Crippen LogP contribution in [0, 0.1) is 10.1 Å². The Morgan fingerprint density at radius 2 is 2.23 bits per heavy atom. The van der Waals surface area contributed by atoms with Crippen LogP contribution in [0.4, 0.5) is 8.78 Å². The minimum atomic E-state index is -2.72. The molecule has 68 valence electrons. The third-order valence-electron chi connectivity index (χ3n) is 1.38. The monoisotopic (exact) mass is 185 g/mol. The summed E-state index contributed by atoms with van der Waals surface area (Å²) in [6, 6.07) is 0. The Kier molecular flexibility index (Phi) is 2.72. The number of nitro groups is 1. The number of hydrogen-bond donors (Lipinski definition) is 0. The van der Waals surface area contributed by atoms with Crippen LogP contribution >= 0.6 is 0 Å². The molecule has 0 unspecified atom stereocenters. The van der Waals surface area contributed by atoms with E-state index in [1.54, 1.807) is 0 Å². The summed E-state index contributed by atoms with van der Waals surface area (Å²) in [7, 11) is 0. The van der Waals surface area contributed by atoms with Gasteiger partial charge in [-0.2, -0.15) is 0 Å².